The Kier molecular flexibility index (Phi) is 7.12. The molecular formula is C3H7NO3. The predicted molar refractivity (Wildman–Crippen MR) is 21.9 cm³/mol. The van der Waals surface area contributed by atoms with Crippen LogP contribution in [0.3, 0.4) is 0 Å². The molecule has 4 nitrogen and oxygen atoms in total. The summed E-state index contributed by atoms with van der Waals surface area (Å²) in [4.78, 5) is 9.60. The van der Waals surface area contributed by atoms with Crippen LogP contribution in [0.1, 0.15) is 6.92 Å². The largest absolute Gasteiger partial charge is 0.450 e. The summed E-state index contributed by atoms with van der Waals surface area (Å²) >= 11 is 0. The first-order valence-corrected chi connectivity index (χ1v) is 1.69. The second-order valence-electron chi connectivity index (χ2n) is 0.752. The zero-order valence-corrected chi connectivity index (χ0v) is 4.01. The molecule has 2 radical (unpaired) electrons. The van der Waals surface area contributed by atoms with Crippen molar-refractivity contribution in [3.8, 4) is 0 Å². The van der Waals surface area contributed by atoms with Crippen LogP contribution >= 0.6 is 0 Å². The second-order valence-corrected chi connectivity index (χ2v) is 0.752. The summed E-state index contributed by atoms with van der Waals surface area (Å²) in [5.41, 5.74) is 4.54. The van der Waals surface area contributed by atoms with Gasteiger partial charge in [-0.1, -0.05) is 0 Å². The van der Waals surface area contributed by atoms with Crippen molar-refractivity contribution >= 4 is 6.09 Å². The van der Waals surface area contributed by atoms with E-state index < -0.39 is 6.09 Å². The van der Waals surface area contributed by atoms with Gasteiger partial charge in [0.05, 0.1) is 6.61 Å². The van der Waals surface area contributed by atoms with E-state index in [0.29, 0.717) is 6.61 Å². The van der Waals surface area contributed by atoms with Gasteiger partial charge >= 0.3 is 6.09 Å². The van der Waals surface area contributed by atoms with Crippen LogP contribution in [0.25, 0.3) is 0 Å². The number of rotatable bonds is 1. The van der Waals surface area contributed by atoms with E-state index in [1.807, 2.05) is 0 Å². The van der Waals surface area contributed by atoms with Crippen molar-refractivity contribution in [2.75, 3.05) is 6.61 Å². The van der Waals surface area contributed by atoms with Crippen molar-refractivity contribution in [1.82, 2.24) is 0 Å². The number of hydrogen-bond donors (Lipinski definition) is 1. The first-order chi connectivity index (χ1) is 2.77. The van der Waals surface area contributed by atoms with Crippen LogP contribution in [0.5, 0.6) is 0 Å². The molecule has 0 spiro atoms. The number of nitrogens with two attached hydrogens (primary N) is 1. The summed E-state index contributed by atoms with van der Waals surface area (Å²) in [6.07, 6.45) is -0.711. The highest BCUT2D eigenvalue weighted by molar-refractivity contribution is 5.64. The lowest BCUT2D eigenvalue weighted by molar-refractivity contribution is 0.163. The highest BCUT2D eigenvalue weighted by atomic mass is 16.5. The van der Waals surface area contributed by atoms with Crippen molar-refractivity contribution in [2.24, 2.45) is 5.73 Å². The summed E-state index contributed by atoms with van der Waals surface area (Å²) in [5.74, 6) is 0. The van der Waals surface area contributed by atoms with E-state index in [1.54, 1.807) is 6.92 Å². The first-order valence-electron chi connectivity index (χ1n) is 1.69. The Balaban J connectivity index is 0. The van der Waals surface area contributed by atoms with Crippen molar-refractivity contribution < 1.29 is 15.0 Å². The lowest BCUT2D eigenvalue weighted by atomic mass is 10.9. The molecule has 0 aromatic carbocycles. The predicted octanol–water partition coefficient (Wildman–Crippen LogP) is -0.0172. The molecule has 4 heteroatoms. The van der Waals surface area contributed by atoms with Crippen LogP contribution in [0.4, 0.5) is 4.79 Å². The highest BCUT2D eigenvalue weighted by Crippen LogP contribution is 1.66. The fraction of sp³-hybridized carbons (Fsp3) is 0.667. The van der Waals surface area contributed by atoms with Gasteiger partial charge in [-0.3, -0.25) is 0 Å². The third-order valence-electron chi connectivity index (χ3n) is 0.287. The van der Waals surface area contributed by atoms with E-state index in [1.165, 1.54) is 0 Å². The van der Waals surface area contributed by atoms with Gasteiger partial charge in [0.2, 0.25) is 0 Å². The van der Waals surface area contributed by atoms with E-state index in [-0.39, 0.29) is 5.48 Å². The first kappa shape index (κ1) is 9.52. The third kappa shape index (κ3) is 11.0. The molecule has 0 unspecified atom stereocenters. The number of carbonyl (C=O) groups is 1. The SMILES string of the molecule is CCOC(N)=O.[O]. The Bertz CT molecular complexity index is 54.1. The smallest absolute Gasteiger partial charge is 0.404 e. The topological polar surface area (TPSA) is 80.8 Å². The molecule has 0 aliphatic heterocycles. The zero-order valence-electron chi connectivity index (χ0n) is 4.01. The molecule has 0 saturated heterocycles. The van der Waals surface area contributed by atoms with E-state index in [0.717, 1.165) is 0 Å². The molecule has 0 atom stereocenters. The number of primary amides is 1. The van der Waals surface area contributed by atoms with E-state index >= 15 is 0 Å². The van der Waals surface area contributed by atoms with Gasteiger partial charge in [-0.25, -0.2) is 4.79 Å². The summed E-state index contributed by atoms with van der Waals surface area (Å²) in [6.45, 7) is 2.06. The standard InChI is InChI=1S/C3H7NO2.O/c1-2-6-3(4)5;/h2H2,1H3,(H2,4,5);. The van der Waals surface area contributed by atoms with Crippen molar-refractivity contribution in [3.05, 3.63) is 0 Å². The van der Waals surface area contributed by atoms with Crippen LogP contribution in [0.2, 0.25) is 0 Å². The van der Waals surface area contributed by atoms with E-state index in [2.05, 4.69) is 10.5 Å². The van der Waals surface area contributed by atoms with Crippen LogP contribution in [0, 0.1) is 0 Å². The normalized spacial score (nSPS) is 6.43. The fourth-order valence-electron chi connectivity index (χ4n) is 0.142. The van der Waals surface area contributed by atoms with Crippen molar-refractivity contribution in [2.45, 2.75) is 6.92 Å². The van der Waals surface area contributed by atoms with Crippen molar-refractivity contribution in [3.63, 3.8) is 0 Å². The quantitative estimate of drug-likeness (QED) is 0.508. The molecular weight excluding hydrogens is 98.0 g/mol. The van der Waals surface area contributed by atoms with Gasteiger partial charge in [0.25, 0.3) is 0 Å². The maximum atomic E-state index is 9.60. The van der Waals surface area contributed by atoms with Gasteiger partial charge in [0.15, 0.2) is 0 Å². The summed E-state index contributed by atoms with van der Waals surface area (Å²) in [5, 5.41) is 0. The molecule has 0 aromatic rings. The molecule has 0 aliphatic carbocycles. The molecule has 1 amide bonds. The van der Waals surface area contributed by atoms with Crippen molar-refractivity contribution in [1.29, 1.82) is 0 Å². The highest BCUT2D eigenvalue weighted by Gasteiger charge is 1.82. The molecule has 0 heterocycles. The van der Waals surface area contributed by atoms with Crippen LogP contribution in [-0.2, 0) is 10.2 Å². The molecule has 0 aliphatic rings. The minimum Gasteiger partial charge on any atom is -0.450 e. The Morgan fingerprint density at radius 3 is 2.29 bits per heavy atom. The maximum absolute atomic E-state index is 9.60. The van der Waals surface area contributed by atoms with E-state index in [4.69, 9.17) is 0 Å². The monoisotopic (exact) mass is 105 g/mol. The maximum Gasteiger partial charge on any atom is 0.404 e. The summed E-state index contributed by atoms with van der Waals surface area (Å²) in [6, 6.07) is 0. The van der Waals surface area contributed by atoms with Gasteiger partial charge in [-0.05, 0) is 6.92 Å². The summed E-state index contributed by atoms with van der Waals surface area (Å²) in [7, 11) is 0. The lowest BCUT2D eigenvalue weighted by Gasteiger charge is -1.89. The van der Waals surface area contributed by atoms with Gasteiger partial charge in [-0.2, -0.15) is 0 Å². The lowest BCUT2D eigenvalue weighted by Crippen LogP contribution is -2.11. The minimum absolute atomic E-state index is 0. The average molecular weight is 105 g/mol. The molecule has 0 aromatic heterocycles. The number of ether oxygens (including phenoxy) is 1. The second kappa shape index (κ2) is 5.23. The Labute approximate surface area is 41.6 Å². The van der Waals surface area contributed by atoms with Crippen LogP contribution in [0.15, 0.2) is 0 Å². The Hall–Kier alpha value is -0.770. The number of carbonyl (C=O) groups excluding carboxylic acids is 1. The summed E-state index contributed by atoms with van der Waals surface area (Å²) < 4.78 is 4.18. The molecule has 2 N–H and O–H groups in total. The van der Waals surface area contributed by atoms with Crippen LogP contribution in [-0.4, -0.2) is 12.7 Å². The van der Waals surface area contributed by atoms with Gasteiger partial charge < -0.3 is 10.5 Å². The van der Waals surface area contributed by atoms with Gasteiger partial charge in [0.1, 0.15) is 0 Å². The van der Waals surface area contributed by atoms with Crippen LogP contribution < -0.4 is 5.73 Å². The molecule has 0 saturated carbocycles. The van der Waals surface area contributed by atoms with Gasteiger partial charge in [-0.15, -0.1) is 0 Å². The Morgan fingerprint density at radius 2 is 2.29 bits per heavy atom. The zero-order chi connectivity index (χ0) is 4.99. The average Bonchev–Trinajstić information content (AvgIpc) is 1.35. The Morgan fingerprint density at radius 1 is 1.86 bits per heavy atom. The third-order valence-corrected chi connectivity index (χ3v) is 0.287. The molecule has 0 bridgehead atoms. The van der Waals surface area contributed by atoms with E-state index in [9.17, 15) is 4.79 Å². The fourth-order valence-corrected chi connectivity index (χ4v) is 0.142. The molecule has 7 heavy (non-hydrogen) atoms. The molecule has 0 rings (SSSR count). The minimum atomic E-state index is -0.711. The molecule has 0 fully saturated rings. The number of hydrogen-bond acceptors (Lipinski definition) is 2. The molecule has 42 valence electrons. The van der Waals surface area contributed by atoms with Gasteiger partial charge in [0, 0.05) is 5.48 Å². The number of amides is 1.